The van der Waals surface area contributed by atoms with Crippen molar-refractivity contribution >= 4 is 11.7 Å². The lowest BCUT2D eigenvalue weighted by atomic mass is 9.85. The van der Waals surface area contributed by atoms with Gasteiger partial charge in [0.25, 0.3) is 0 Å². The minimum absolute atomic E-state index is 0.0348. The SMILES string of the molecule is Cc1cc2n(n1)[C@@H](C(F)(F)F)C[C@@H](C1CCCN(C(=O)CC3CCCC3)C1)N2. The zero-order valence-electron chi connectivity index (χ0n) is 16.3. The fourth-order valence-electron chi connectivity index (χ4n) is 5.19. The van der Waals surface area contributed by atoms with Crippen LogP contribution in [0.15, 0.2) is 6.07 Å². The minimum Gasteiger partial charge on any atom is -0.367 e. The van der Waals surface area contributed by atoms with Crippen molar-refractivity contribution in [3.8, 4) is 0 Å². The van der Waals surface area contributed by atoms with Crippen LogP contribution in [0.4, 0.5) is 19.0 Å². The highest BCUT2D eigenvalue weighted by atomic mass is 19.4. The molecular formula is C20H29F3N4O. The highest BCUT2D eigenvalue weighted by molar-refractivity contribution is 5.76. The summed E-state index contributed by atoms with van der Waals surface area (Å²) in [6.07, 6.45) is 2.61. The number of halogens is 3. The number of piperidine rings is 1. The first-order valence-corrected chi connectivity index (χ1v) is 10.5. The van der Waals surface area contributed by atoms with Crippen LogP contribution in [0.3, 0.4) is 0 Å². The molecule has 3 heterocycles. The summed E-state index contributed by atoms with van der Waals surface area (Å²) < 4.78 is 42.0. The van der Waals surface area contributed by atoms with Gasteiger partial charge in [0.2, 0.25) is 5.91 Å². The van der Waals surface area contributed by atoms with Crippen LogP contribution in [-0.2, 0) is 4.79 Å². The number of hydrogen-bond donors (Lipinski definition) is 1. The summed E-state index contributed by atoms with van der Waals surface area (Å²) >= 11 is 0. The van der Waals surface area contributed by atoms with E-state index in [9.17, 15) is 18.0 Å². The number of aromatic nitrogens is 2. The Kier molecular flexibility index (Phi) is 5.31. The number of amides is 1. The Hall–Kier alpha value is -1.73. The number of nitrogens with zero attached hydrogens (tertiary/aromatic N) is 3. The molecule has 1 unspecified atom stereocenters. The van der Waals surface area contributed by atoms with Gasteiger partial charge in [0.1, 0.15) is 5.82 Å². The van der Waals surface area contributed by atoms with Crippen LogP contribution < -0.4 is 5.32 Å². The van der Waals surface area contributed by atoms with E-state index in [1.807, 2.05) is 4.90 Å². The number of hydrogen-bond acceptors (Lipinski definition) is 3. The molecular weight excluding hydrogens is 369 g/mol. The van der Waals surface area contributed by atoms with E-state index in [0.717, 1.165) is 36.9 Å². The van der Waals surface area contributed by atoms with Crippen molar-refractivity contribution < 1.29 is 18.0 Å². The number of nitrogens with one attached hydrogen (secondary N) is 1. The molecule has 1 aromatic rings. The second-order valence-electron chi connectivity index (χ2n) is 8.76. The molecule has 0 aromatic carbocycles. The van der Waals surface area contributed by atoms with Crippen molar-refractivity contribution in [2.24, 2.45) is 11.8 Å². The first kappa shape index (κ1) is 19.6. The molecule has 156 valence electrons. The van der Waals surface area contributed by atoms with Gasteiger partial charge in [-0.25, -0.2) is 4.68 Å². The highest BCUT2D eigenvalue weighted by Gasteiger charge is 2.48. The Labute approximate surface area is 163 Å². The molecule has 2 aliphatic heterocycles. The van der Waals surface area contributed by atoms with Crippen LogP contribution in [0, 0.1) is 18.8 Å². The lowest BCUT2D eigenvalue weighted by Crippen LogP contribution is -2.49. The quantitative estimate of drug-likeness (QED) is 0.826. The Bertz CT molecular complexity index is 711. The second kappa shape index (κ2) is 7.59. The standard InChI is InChI=1S/C20H29F3N4O/c1-13-9-18-24-16(11-17(20(21,22)23)27(18)25-13)15-7-4-8-26(12-15)19(28)10-14-5-2-3-6-14/h9,14-17,24H,2-8,10-12H2,1H3/t15?,16-,17+/m0/s1. The number of rotatable bonds is 3. The molecule has 1 aromatic heterocycles. The van der Waals surface area contributed by atoms with Gasteiger partial charge in [-0.3, -0.25) is 4.79 Å². The maximum atomic E-state index is 13.6. The van der Waals surface area contributed by atoms with Crippen molar-refractivity contribution in [1.82, 2.24) is 14.7 Å². The smallest absolute Gasteiger partial charge is 0.367 e. The molecule has 4 rings (SSSR count). The van der Waals surface area contributed by atoms with Crippen LogP contribution in [0.1, 0.15) is 63.1 Å². The minimum atomic E-state index is -4.33. The monoisotopic (exact) mass is 398 g/mol. The number of carbonyl (C=O) groups is 1. The van der Waals surface area contributed by atoms with E-state index < -0.39 is 12.2 Å². The van der Waals surface area contributed by atoms with Crippen LogP contribution in [0.2, 0.25) is 0 Å². The Morgan fingerprint density at radius 2 is 2.00 bits per heavy atom. The third kappa shape index (κ3) is 4.01. The number of aryl methyl sites for hydroxylation is 1. The predicted octanol–water partition coefficient (Wildman–Crippen LogP) is 4.30. The Morgan fingerprint density at radius 3 is 2.71 bits per heavy atom. The molecule has 1 aliphatic carbocycles. The first-order chi connectivity index (χ1) is 13.3. The average molecular weight is 398 g/mol. The predicted molar refractivity (Wildman–Crippen MR) is 100.0 cm³/mol. The van der Waals surface area contributed by atoms with Gasteiger partial charge < -0.3 is 10.2 Å². The van der Waals surface area contributed by atoms with Crippen molar-refractivity contribution in [1.29, 1.82) is 0 Å². The van der Waals surface area contributed by atoms with Crippen molar-refractivity contribution in [3.63, 3.8) is 0 Å². The van der Waals surface area contributed by atoms with Crippen molar-refractivity contribution in [2.45, 2.75) is 76.6 Å². The molecule has 3 atom stereocenters. The van der Waals surface area contributed by atoms with Gasteiger partial charge in [0.15, 0.2) is 6.04 Å². The maximum Gasteiger partial charge on any atom is 0.410 e. The molecule has 1 saturated heterocycles. The molecule has 0 radical (unpaired) electrons. The van der Waals surface area contributed by atoms with Gasteiger partial charge in [-0.1, -0.05) is 12.8 Å². The molecule has 28 heavy (non-hydrogen) atoms. The van der Waals surface area contributed by atoms with E-state index >= 15 is 0 Å². The molecule has 1 saturated carbocycles. The highest BCUT2D eigenvalue weighted by Crippen LogP contribution is 2.42. The van der Waals surface area contributed by atoms with Gasteiger partial charge in [0, 0.05) is 31.6 Å². The lowest BCUT2D eigenvalue weighted by molar-refractivity contribution is -0.175. The van der Waals surface area contributed by atoms with Gasteiger partial charge in [0.05, 0.1) is 5.69 Å². The second-order valence-corrected chi connectivity index (χ2v) is 8.76. The summed E-state index contributed by atoms with van der Waals surface area (Å²) in [5.41, 5.74) is 0.578. The molecule has 1 amide bonds. The average Bonchev–Trinajstić information content (AvgIpc) is 3.28. The fraction of sp³-hybridized carbons (Fsp3) is 0.800. The lowest BCUT2D eigenvalue weighted by Gasteiger charge is -2.41. The number of anilines is 1. The van der Waals surface area contributed by atoms with E-state index in [1.165, 1.54) is 12.8 Å². The summed E-state index contributed by atoms with van der Waals surface area (Å²) in [5, 5.41) is 7.33. The van der Waals surface area contributed by atoms with Crippen LogP contribution in [0.5, 0.6) is 0 Å². The first-order valence-electron chi connectivity index (χ1n) is 10.5. The zero-order valence-corrected chi connectivity index (χ0v) is 16.3. The van der Waals surface area contributed by atoms with Gasteiger partial charge >= 0.3 is 6.18 Å². The van der Waals surface area contributed by atoms with Crippen LogP contribution in [-0.4, -0.2) is 45.9 Å². The normalized spacial score (nSPS) is 28.9. The molecule has 8 heteroatoms. The third-order valence-electron chi connectivity index (χ3n) is 6.66. The Morgan fingerprint density at radius 1 is 1.25 bits per heavy atom. The molecule has 0 spiro atoms. The molecule has 3 aliphatic rings. The maximum absolute atomic E-state index is 13.6. The topological polar surface area (TPSA) is 50.2 Å². The van der Waals surface area contributed by atoms with E-state index in [1.54, 1.807) is 13.0 Å². The largest absolute Gasteiger partial charge is 0.410 e. The van der Waals surface area contributed by atoms with Crippen molar-refractivity contribution in [3.05, 3.63) is 11.8 Å². The molecule has 1 N–H and O–H groups in total. The summed E-state index contributed by atoms with van der Waals surface area (Å²) in [6.45, 7) is 2.99. The molecule has 2 fully saturated rings. The summed E-state index contributed by atoms with van der Waals surface area (Å²) in [6, 6.07) is -0.221. The Balaban J connectivity index is 1.45. The van der Waals surface area contributed by atoms with Crippen LogP contribution >= 0.6 is 0 Å². The van der Waals surface area contributed by atoms with Gasteiger partial charge in [-0.05, 0) is 50.9 Å². The van der Waals surface area contributed by atoms with E-state index in [4.69, 9.17) is 0 Å². The number of likely N-dealkylation sites (tertiary alicyclic amines) is 1. The molecule has 0 bridgehead atoms. The van der Waals surface area contributed by atoms with Gasteiger partial charge in [-0.2, -0.15) is 18.3 Å². The third-order valence-corrected chi connectivity index (χ3v) is 6.66. The number of alkyl halides is 3. The molecule has 5 nitrogen and oxygen atoms in total. The van der Waals surface area contributed by atoms with Crippen molar-refractivity contribution in [2.75, 3.05) is 18.4 Å². The van der Waals surface area contributed by atoms with E-state index in [0.29, 0.717) is 30.4 Å². The van der Waals surface area contributed by atoms with Crippen LogP contribution in [0.25, 0.3) is 0 Å². The van der Waals surface area contributed by atoms with Gasteiger partial charge in [-0.15, -0.1) is 0 Å². The fourth-order valence-corrected chi connectivity index (χ4v) is 5.19. The number of fused-ring (bicyclic) bond motifs is 1. The summed E-state index contributed by atoms with van der Waals surface area (Å²) in [5.74, 6) is 1.15. The number of carbonyl (C=O) groups excluding carboxylic acids is 1. The van der Waals surface area contributed by atoms with E-state index in [-0.39, 0.29) is 24.3 Å². The van der Waals surface area contributed by atoms with E-state index in [2.05, 4.69) is 10.4 Å². The summed E-state index contributed by atoms with van der Waals surface area (Å²) in [7, 11) is 0. The zero-order chi connectivity index (χ0) is 19.9. The summed E-state index contributed by atoms with van der Waals surface area (Å²) in [4.78, 5) is 14.6.